The van der Waals surface area contributed by atoms with Gasteiger partial charge in [0.05, 0.1) is 18.7 Å². The number of rotatable bonds is 5. The van der Waals surface area contributed by atoms with E-state index in [-0.39, 0.29) is 30.3 Å². The lowest BCUT2D eigenvalue weighted by atomic mass is 10.2. The van der Waals surface area contributed by atoms with E-state index in [0.29, 0.717) is 5.69 Å². The van der Waals surface area contributed by atoms with Crippen LogP contribution in [0.15, 0.2) is 24.3 Å². The molecular weight excluding hydrogens is 260 g/mol. The molecule has 20 heavy (non-hydrogen) atoms. The lowest BCUT2D eigenvalue weighted by molar-refractivity contribution is 0.0697. The van der Waals surface area contributed by atoms with Crippen LogP contribution in [0.25, 0.3) is 0 Å². The summed E-state index contributed by atoms with van der Waals surface area (Å²) < 4.78 is 0. The number of nitrogens with one attached hydrogen (secondary N) is 1. The Bertz CT molecular complexity index is 508. The van der Waals surface area contributed by atoms with Gasteiger partial charge in [-0.15, -0.1) is 0 Å². The molecule has 0 heterocycles. The molecule has 1 fully saturated rings. The fraction of sp³-hybridized carbons (Fsp3) is 0.429. The molecule has 1 aromatic rings. The quantitative estimate of drug-likeness (QED) is 0.760. The zero-order valence-electron chi connectivity index (χ0n) is 11.3. The number of aliphatic hydroxyl groups excluding tert-OH is 1. The maximum absolute atomic E-state index is 12.2. The maximum atomic E-state index is 12.2. The second-order valence-electron chi connectivity index (χ2n) is 5.22. The van der Waals surface area contributed by atoms with Gasteiger partial charge in [0.15, 0.2) is 0 Å². The number of carbonyl (C=O) groups excluding carboxylic acids is 1. The van der Waals surface area contributed by atoms with Crippen molar-refractivity contribution in [3.63, 3.8) is 0 Å². The highest BCUT2D eigenvalue weighted by atomic mass is 16.4. The fourth-order valence-corrected chi connectivity index (χ4v) is 1.87. The van der Waals surface area contributed by atoms with Gasteiger partial charge in [0.25, 0.3) is 0 Å². The van der Waals surface area contributed by atoms with Gasteiger partial charge in [-0.05, 0) is 44.0 Å². The van der Waals surface area contributed by atoms with Crippen LogP contribution in [-0.4, -0.2) is 40.9 Å². The van der Waals surface area contributed by atoms with Crippen LogP contribution >= 0.6 is 0 Å². The van der Waals surface area contributed by atoms with E-state index in [0.717, 1.165) is 12.8 Å². The van der Waals surface area contributed by atoms with E-state index in [1.165, 1.54) is 17.0 Å². The number of amides is 2. The highest BCUT2D eigenvalue weighted by molar-refractivity contribution is 5.94. The minimum Gasteiger partial charge on any atom is -0.478 e. The Kier molecular flexibility index (Phi) is 3.94. The standard InChI is InChI=1S/C14H18N2O4/c1-14(6-7-14)15-13(20)16(8-9-17)11-4-2-10(3-5-11)12(18)19/h2-5,17H,6-9H2,1H3,(H,15,20)(H,18,19). The third-order valence-electron chi connectivity index (χ3n) is 3.40. The van der Waals surface area contributed by atoms with E-state index >= 15 is 0 Å². The van der Waals surface area contributed by atoms with Gasteiger partial charge < -0.3 is 15.5 Å². The lowest BCUT2D eigenvalue weighted by Gasteiger charge is -2.24. The molecule has 0 radical (unpaired) electrons. The molecule has 1 saturated carbocycles. The molecule has 108 valence electrons. The molecule has 0 unspecified atom stereocenters. The molecule has 0 aromatic heterocycles. The zero-order chi connectivity index (χ0) is 14.8. The Morgan fingerprint density at radius 1 is 1.30 bits per heavy atom. The Morgan fingerprint density at radius 2 is 1.90 bits per heavy atom. The number of carbonyl (C=O) groups is 2. The lowest BCUT2D eigenvalue weighted by Crippen LogP contribution is -2.46. The summed E-state index contributed by atoms with van der Waals surface area (Å²) in [5.74, 6) is -1.01. The van der Waals surface area contributed by atoms with Crippen molar-refractivity contribution in [1.29, 1.82) is 0 Å². The Hall–Kier alpha value is -2.08. The molecule has 2 rings (SSSR count). The number of hydrogen-bond donors (Lipinski definition) is 3. The number of anilines is 1. The van der Waals surface area contributed by atoms with Crippen molar-refractivity contribution in [3.05, 3.63) is 29.8 Å². The predicted molar refractivity (Wildman–Crippen MR) is 74.0 cm³/mol. The SMILES string of the molecule is CC1(NC(=O)N(CCO)c2ccc(C(=O)O)cc2)CC1. The normalized spacial score (nSPS) is 15.5. The first-order valence-corrected chi connectivity index (χ1v) is 6.49. The zero-order valence-corrected chi connectivity index (χ0v) is 11.3. The average molecular weight is 278 g/mol. The van der Waals surface area contributed by atoms with Crippen molar-refractivity contribution in [2.45, 2.75) is 25.3 Å². The second-order valence-corrected chi connectivity index (χ2v) is 5.22. The summed E-state index contributed by atoms with van der Waals surface area (Å²) >= 11 is 0. The van der Waals surface area contributed by atoms with Crippen LogP contribution in [0, 0.1) is 0 Å². The van der Waals surface area contributed by atoms with Crippen molar-refractivity contribution >= 4 is 17.7 Å². The molecule has 6 nitrogen and oxygen atoms in total. The number of hydrogen-bond acceptors (Lipinski definition) is 3. The number of benzene rings is 1. The summed E-state index contributed by atoms with van der Waals surface area (Å²) in [6, 6.07) is 5.73. The van der Waals surface area contributed by atoms with Crippen molar-refractivity contribution in [3.8, 4) is 0 Å². The van der Waals surface area contributed by atoms with Crippen LogP contribution in [0.1, 0.15) is 30.1 Å². The summed E-state index contributed by atoms with van der Waals surface area (Å²) in [6.07, 6.45) is 1.90. The molecule has 0 bridgehead atoms. The van der Waals surface area contributed by atoms with Crippen LogP contribution in [0.4, 0.5) is 10.5 Å². The minimum atomic E-state index is -1.01. The molecule has 0 aliphatic heterocycles. The molecule has 2 amide bonds. The van der Waals surface area contributed by atoms with Gasteiger partial charge in [-0.3, -0.25) is 4.90 Å². The molecule has 1 aliphatic rings. The van der Waals surface area contributed by atoms with Gasteiger partial charge in [0, 0.05) is 11.2 Å². The van der Waals surface area contributed by atoms with Crippen LogP contribution < -0.4 is 10.2 Å². The highest BCUT2D eigenvalue weighted by Gasteiger charge is 2.39. The van der Waals surface area contributed by atoms with Gasteiger partial charge >= 0.3 is 12.0 Å². The molecule has 6 heteroatoms. The van der Waals surface area contributed by atoms with Crippen molar-refractivity contribution in [1.82, 2.24) is 5.32 Å². The van der Waals surface area contributed by atoms with E-state index in [4.69, 9.17) is 10.2 Å². The number of aromatic carboxylic acids is 1. The Labute approximate surface area is 117 Å². The van der Waals surface area contributed by atoms with E-state index in [2.05, 4.69) is 5.32 Å². The van der Waals surface area contributed by atoms with Crippen LogP contribution in [0.5, 0.6) is 0 Å². The van der Waals surface area contributed by atoms with Gasteiger partial charge in [-0.25, -0.2) is 9.59 Å². The van der Waals surface area contributed by atoms with Crippen LogP contribution in [0.3, 0.4) is 0 Å². The first kappa shape index (κ1) is 14.3. The molecule has 0 spiro atoms. The van der Waals surface area contributed by atoms with Crippen molar-refractivity contribution in [2.75, 3.05) is 18.1 Å². The van der Waals surface area contributed by atoms with Gasteiger partial charge in [0.1, 0.15) is 0 Å². The summed E-state index contributed by atoms with van der Waals surface area (Å²) in [6.45, 7) is 1.97. The number of nitrogens with zero attached hydrogens (tertiary/aromatic N) is 1. The van der Waals surface area contributed by atoms with E-state index in [1.807, 2.05) is 6.92 Å². The topological polar surface area (TPSA) is 89.9 Å². The predicted octanol–water partition coefficient (Wildman–Crippen LogP) is 1.45. The summed E-state index contributed by atoms with van der Waals surface area (Å²) in [4.78, 5) is 24.4. The maximum Gasteiger partial charge on any atom is 0.335 e. The van der Waals surface area contributed by atoms with Crippen LogP contribution in [0.2, 0.25) is 0 Å². The van der Waals surface area contributed by atoms with E-state index in [9.17, 15) is 9.59 Å². The van der Waals surface area contributed by atoms with Crippen molar-refractivity contribution < 1.29 is 19.8 Å². The van der Waals surface area contributed by atoms with E-state index < -0.39 is 5.97 Å². The monoisotopic (exact) mass is 278 g/mol. The summed E-state index contributed by atoms with van der Waals surface area (Å²) in [5, 5.41) is 20.9. The summed E-state index contributed by atoms with van der Waals surface area (Å²) in [5.41, 5.74) is 0.573. The molecule has 0 atom stereocenters. The third kappa shape index (κ3) is 3.27. The molecular formula is C14H18N2O4. The third-order valence-corrected chi connectivity index (χ3v) is 3.40. The van der Waals surface area contributed by atoms with Crippen LogP contribution in [-0.2, 0) is 0 Å². The first-order chi connectivity index (χ1) is 9.45. The number of aliphatic hydroxyl groups is 1. The van der Waals surface area contributed by atoms with Gasteiger partial charge in [-0.1, -0.05) is 0 Å². The number of carboxylic acids is 1. The molecule has 1 aromatic carbocycles. The number of urea groups is 1. The minimum absolute atomic E-state index is 0.147. The Morgan fingerprint density at radius 3 is 2.35 bits per heavy atom. The smallest absolute Gasteiger partial charge is 0.335 e. The first-order valence-electron chi connectivity index (χ1n) is 6.49. The highest BCUT2D eigenvalue weighted by Crippen LogP contribution is 2.34. The largest absolute Gasteiger partial charge is 0.478 e. The number of carboxylic acid groups (broad SMARTS) is 1. The van der Waals surface area contributed by atoms with E-state index in [1.54, 1.807) is 12.1 Å². The Balaban J connectivity index is 2.14. The average Bonchev–Trinajstić information content (AvgIpc) is 3.13. The fourth-order valence-electron chi connectivity index (χ4n) is 1.87. The molecule has 0 saturated heterocycles. The molecule has 1 aliphatic carbocycles. The molecule has 3 N–H and O–H groups in total. The van der Waals surface area contributed by atoms with Gasteiger partial charge in [-0.2, -0.15) is 0 Å². The van der Waals surface area contributed by atoms with Crippen molar-refractivity contribution in [2.24, 2.45) is 0 Å². The summed E-state index contributed by atoms with van der Waals surface area (Å²) in [7, 11) is 0. The van der Waals surface area contributed by atoms with Gasteiger partial charge in [0.2, 0.25) is 0 Å². The second kappa shape index (κ2) is 5.50.